The predicted octanol–water partition coefficient (Wildman–Crippen LogP) is 2.38. The van der Waals surface area contributed by atoms with Crippen LogP contribution in [0.25, 0.3) is 0 Å². The first-order chi connectivity index (χ1) is 14.0. The first-order valence-electron chi connectivity index (χ1n) is 9.31. The summed E-state index contributed by atoms with van der Waals surface area (Å²) >= 11 is 0. The molecule has 0 spiro atoms. The van der Waals surface area contributed by atoms with E-state index in [1.54, 1.807) is 32.9 Å². The molecule has 1 atom stereocenters. The van der Waals surface area contributed by atoms with E-state index < -0.39 is 20.0 Å². The van der Waals surface area contributed by atoms with Crippen molar-refractivity contribution in [3.63, 3.8) is 0 Å². The number of benzene rings is 2. The Morgan fingerprint density at radius 3 is 1.87 bits per heavy atom. The molecule has 2 aromatic rings. The van der Waals surface area contributed by atoms with Crippen LogP contribution in [0.4, 0.5) is 0 Å². The number of rotatable bonds is 10. The smallest absolute Gasteiger partial charge is 0.240 e. The number of hydrogen-bond acceptors (Lipinski definition) is 6. The predicted molar refractivity (Wildman–Crippen MR) is 113 cm³/mol. The molecule has 0 aromatic heterocycles. The lowest BCUT2D eigenvalue weighted by Crippen LogP contribution is -2.33. The summed E-state index contributed by atoms with van der Waals surface area (Å²) in [7, 11) is -7.26. The summed E-state index contributed by atoms with van der Waals surface area (Å²) in [6.07, 6.45) is 0.407. The van der Waals surface area contributed by atoms with Crippen molar-refractivity contribution in [3.8, 4) is 11.8 Å². The van der Waals surface area contributed by atoms with Crippen LogP contribution in [0, 0.1) is 11.3 Å². The zero-order valence-corrected chi connectivity index (χ0v) is 18.6. The zero-order valence-electron chi connectivity index (χ0n) is 17.0. The maximum atomic E-state index is 12.4. The van der Waals surface area contributed by atoms with E-state index in [1.807, 2.05) is 6.07 Å². The number of hydrogen-bond donors (Lipinski definition) is 2. The standard InChI is InChI=1S/C20H25N3O5S2/c1-15(2)22-29(24,25)20-10-6-18(7-11-20)28-13-12-16(3)23-30(26,27)19-8-4-17(14-21)5-9-19/h4-11,15-16,22-23H,12-13H2,1-3H3. The van der Waals surface area contributed by atoms with Gasteiger partial charge in [-0.25, -0.2) is 26.3 Å². The number of nitriles is 1. The second-order valence-corrected chi connectivity index (χ2v) is 10.5. The van der Waals surface area contributed by atoms with Gasteiger partial charge in [-0.2, -0.15) is 5.26 Å². The van der Waals surface area contributed by atoms with E-state index in [-0.39, 0.29) is 28.5 Å². The molecule has 30 heavy (non-hydrogen) atoms. The topological polar surface area (TPSA) is 125 Å². The summed E-state index contributed by atoms with van der Waals surface area (Å²) in [5.74, 6) is 0.487. The van der Waals surface area contributed by atoms with Gasteiger partial charge in [0.1, 0.15) is 5.75 Å². The molecule has 0 aliphatic carbocycles. The molecule has 0 saturated carbocycles. The van der Waals surface area contributed by atoms with Crippen molar-refractivity contribution in [2.45, 2.75) is 49.1 Å². The largest absolute Gasteiger partial charge is 0.494 e. The van der Waals surface area contributed by atoms with Crippen LogP contribution in [0.15, 0.2) is 58.3 Å². The molecule has 162 valence electrons. The second kappa shape index (κ2) is 10.0. The fourth-order valence-electron chi connectivity index (χ4n) is 2.55. The molecule has 0 radical (unpaired) electrons. The van der Waals surface area contributed by atoms with Gasteiger partial charge in [-0.15, -0.1) is 0 Å². The van der Waals surface area contributed by atoms with E-state index in [2.05, 4.69) is 9.44 Å². The minimum absolute atomic E-state index is 0.0843. The third kappa shape index (κ3) is 6.81. The molecule has 0 aliphatic rings. The van der Waals surface area contributed by atoms with Crippen LogP contribution in [0.3, 0.4) is 0 Å². The Kier molecular flexibility index (Phi) is 7.97. The van der Waals surface area contributed by atoms with Crippen molar-refractivity contribution in [2.24, 2.45) is 0 Å². The van der Waals surface area contributed by atoms with E-state index in [0.29, 0.717) is 17.7 Å². The molecule has 2 aromatic carbocycles. The highest BCUT2D eigenvalue weighted by molar-refractivity contribution is 7.89. The minimum Gasteiger partial charge on any atom is -0.494 e. The molecule has 8 nitrogen and oxygen atoms in total. The van der Waals surface area contributed by atoms with Gasteiger partial charge in [-0.05, 0) is 75.7 Å². The van der Waals surface area contributed by atoms with Crippen LogP contribution < -0.4 is 14.2 Å². The van der Waals surface area contributed by atoms with Gasteiger partial charge in [0, 0.05) is 12.1 Å². The van der Waals surface area contributed by atoms with Gasteiger partial charge in [0.15, 0.2) is 0 Å². The van der Waals surface area contributed by atoms with Gasteiger partial charge >= 0.3 is 0 Å². The maximum absolute atomic E-state index is 12.4. The Morgan fingerprint density at radius 2 is 1.37 bits per heavy atom. The Labute approximate surface area is 178 Å². The van der Waals surface area contributed by atoms with Crippen molar-refractivity contribution in [2.75, 3.05) is 6.61 Å². The molecule has 0 fully saturated rings. The summed E-state index contributed by atoms with van der Waals surface area (Å²) in [5.41, 5.74) is 0.384. The molecule has 0 heterocycles. The van der Waals surface area contributed by atoms with Crippen LogP contribution in [0.5, 0.6) is 5.75 Å². The lowest BCUT2D eigenvalue weighted by molar-refractivity contribution is 0.297. The number of nitrogens with one attached hydrogen (secondary N) is 2. The van der Waals surface area contributed by atoms with Crippen molar-refractivity contribution < 1.29 is 21.6 Å². The normalized spacial score (nSPS) is 13.0. The van der Waals surface area contributed by atoms with Crippen LogP contribution in [0.2, 0.25) is 0 Å². The SMILES string of the molecule is CC(C)NS(=O)(=O)c1ccc(OCCC(C)NS(=O)(=O)c2ccc(C#N)cc2)cc1. The third-order valence-electron chi connectivity index (χ3n) is 3.99. The molecule has 0 saturated heterocycles. The average Bonchev–Trinajstić information content (AvgIpc) is 2.67. The third-order valence-corrected chi connectivity index (χ3v) is 7.27. The molecule has 0 amide bonds. The van der Waals surface area contributed by atoms with Crippen molar-refractivity contribution >= 4 is 20.0 Å². The molecule has 10 heteroatoms. The quantitative estimate of drug-likeness (QED) is 0.571. The van der Waals surface area contributed by atoms with Crippen molar-refractivity contribution in [3.05, 3.63) is 54.1 Å². The van der Waals surface area contributed by atoms with Gasteiger partial charge in [0.25, 0.3) is 0 Å². The first-order valence-corrected chi connectivity index (χ1v) is 12.3. The summed E-state index contributed by atoms with van der Waals surface area (Å²) < 4.78 is 59.7. The lowest BCUT2D eigenvalue weighted by atomic mass is 10.2. The number of ether oxygens (including phenoxy) is 1. The molecular formula is C20H25N3O5S2. The number of sulfonamides is 2. The van der Waals surface area contributed by atoms with Crippen molar-refractivity contribution in [1.29, 1.82) is 5.26 Å². The molecular weight excluding hydrogens is 426 g/mol. The highest BCUT2D eigenvalue weighted by atomic mass is 32.2. The summed E-state index contributed by atoms with van der Waals surface area (Å²) in [5, 5.41) is 8.80. The highest BCUT2D eigenvalue weighted by Crippen LogP contribution is 2.17. The second-order valence-electron chi connectivity index (χ2n) is 7.04. The Bertz CT molecular complexity index is 1090. The van der Waals surface area contributed by atoms with E-state index in [9.17, 15) is 16.8 Å². The molecule has 1 unspecified atom stereocenters. The van der Waals surface area contributed by atoms with E-state index in [4.69, 9.17) is 10.00 Å². The minimum atomic E-state index is -3.70. The van der Waals surface area contributed by atoms with Gasteiger partial charge in [-0.3, -0.25) is 0 Å². The summed E-state index contributed by atoms with van der Waals surface area (Å²) in [6.45, 7) is 5.45. The maximum Gasteiger partial charge on any atom is 0.240 e. The first kappa shape index (κ1) is 23.8. The Hall–Kier alpha value is -2.45. The van der Waals surface area contributed by atoms with Gasteiger partial charge in [0.05, 0.1) is 28.0 Å². The average molecular weight is 452 g/mol. The van der Waals surface area contributed by atoms with E-state index >= 15 is 0 Å². The van der Waals surface area contributed by atoms with Crippen LogP contribution in [-0.2, 0) is 20.0 Å². The van der Waals surface area contributed by atoms with E-state index in [0.717, 1.165) is 0 Å². The zero-order chi connectivity index (χ0) is 22.4. The molecule has 2 rings (SSSR count). The number of nitrogens with zero attached hydrogens (tertiary/aromatic N) is 1. The monoisotopic (exact) mass is 451 g/mol. The summed E-state index contributed by atoms with van der Waals surface area (Å²) in [4.78, 5) is 0.230. The fraction of sp³-hybridized carbons (Fsp3) is 0.350. The van der Waals surface area contributed by atoms with Crippen LogP contribution >= 0.6 is 0 Å². The van der Waals surface area contributed by atoms with Crippen molar-refractivity contribution in [1.82, 2.24) is 9.44 Å². The summed E-state index contributed by atoms with van der Waals surface area (Å²) in [6, 6.07) is 13.0. The van der Waals surface area contributed by atoms with Gasteiger partial charge in [-0.1, -0.05) is 0 Å². The lowest BCUT2D eigenvalue weighted by Gasteiger charge is -2.15. The highest BCUT2D eigenvalue weighted by Gasteiger charge is 2.18. The molecule has 2 N–H and O–H groups in total. The molecule has 0 aliphatic heterocycles. The Morgan fingerprint density at radius 1 is 0.867 bits per heavy atom. The van der Waals surface area contributed by atoms with Gasteiger partial charge < -0.3 is 4.74 Å². The molecule has 0 bridgehead atoms. The Balaban J connectivity index is 1.88. The van der Waals surface area contributed by atoms with Gasteiger partial charge in [0.2, 0.25) is 20.0 Å². The van der Waals surface area contributed by atoms with E-state index in [1.165, 1.54) is 36.4 Å². The van der Waals surface area contributed by atoms with Crippen LogP contribution in [-0.4, -0.2) is 35.5 Å². The van der Waals surface area contributed by atoms with Crippen LogP contribution in [0.1, 0.15) is 32.8 Å². The fourth-order valence-corrected chi connectivity index (χ4v) is 5.08.